The van der Waals surface area contributed by atoms with Gasteiger partial charge in [-0.3, -0.25) is 9.59 Å². The number of esters is 2. The normalized spacial score (nSPS) is 18.2. The van der Waals surface area contributed by atoms with E-state index in [0.717, 1.165) is 72.2 Å². The lowest BCUT2D eigenvalue weighted by Gasteiger charge is -2.48. The number of carbonyl (C=O) groups excluding carboxylic acids is 2. The second-order valence-corrected chi connectivity index (χ2v) is 19.5. The molecule has 0 N–H and O–H groups in total. The third-order valence-electron chi connectivity index (χ3n) is 15.8. The standard InChI is InChI=1S/C60H84N2O14.2ClH/c1-13-61(27-23-43-37-49(65-3)51(67-5)39-45(43)47(61)31-41-33-53(69-7)59(73-11)54(34-41)70-8)25-19-29-75-57(63)21-17-15-16-18-22-58(64)76-30-20-26-62(14-2)28-24-44-38-50(66-4)52(68-6)40-46(44)48(62)32-42-35-55(71-9)60(74-12)56(36-42)72-10;;/h15-16,33-40,47-48H,13-14,17-32H2,1-12H3;2*1H/q+2;;/p-2/b16-15+;;/t47-,48-,61+,62+;;/m1../s1. The van der Waals surface area contributed by atoms with Crippen molar-refractivity contribution in [1.29, 1.82) is 0 Å². The number of nitrogens with zero attached hydrogens (tertiary/aromatic N) is 2. The fourth-order valence-corrected chi connectivity index (χ4v) is 11.6. The first kappa shape index (κ1) is 64.6. The van der Waals surface area contributed by atoms with Gasteiger partial charge in [0.25, 0.3) is 0 Å². The molecule has 0 bridgehead atoms. The molecule has 4 aromatic carbocycles. The van der Waals surface area contributed by atoms with Crippen molar-refractivity contribution in [3.63, 3.8) is 0 Å². The summed E-state index contributed by atoms with van der Waals surface area (Å²) in [6.07, 6.45) is 10.0. The van der Waals surface area contributed by atoms with Gasteiger partial charge in [0.05, 0.1) is 124 Å². The van der Waals surface area contributed by atoms with Gasteiger partial charge in [-0.1, -0.05) is 12.2 Å². The van der Waals surface area contributed by atoms with Crippen molar-refractivity contribution < 1.29 is 100 Å². The number of hydrogen-bond acceptors (Lipinski definition) is 14. The largest absolute Gasteiger partial charge is 1.00 e. The van der Waals surface area contributed by atoms with Gasteiger partial charge < -0.3 is 90.6 Å². The zero-order valence-electron chi connectivity index (χ0n) is 48.0. The molecule has 16 nitrogen and oxygen atoms in total. The lowest BCUT2D eigenvalue weighted by Crippen LogP contribution is -3.00. The van der Waals surface area contributed by atoms with E-state index >= 15 is 0 Å². The van der Waals surface area contributed by atoms with Crippen molar-refractivity contribution in [2.24, 2.45) is 0 Å². The molecule has 18 heteroatoms. The van der Waals surface area contributed by atoms with Crippen LogP contribution >= 0.6 is 0 Å². The minimum absolute atomic E-state index is 0. The first-order chi connectivity index (χ1) is 36.9. The van der Waals surface area contributed by atoms with Gasteiger partial charge in [0.15, 0.2) is 46.0 Å². The van der Waals surface area contributed by atoms with Crippen LogP contribution in [0.25, 0.3) is 0 Å². The monoisotopic (exact) mass is 1130 g/mol. The molecule has 0 saturated carbocycles. The number of rotatable bonds is 30. The molecule has 0 fully saturated rings. The highest BCUT2D eigenvalue weighted by atomic mass is 35.5. The maximum atomic E-state index is 12.9. The van der Waals surface area contributed by atoms with E-state index in [2.05, 4.69) is 38.1 Å². The Hall–Kier alpha value is -5.94. The molecular weight excluding hydrogens is 1040 g/mol. The summed E-state index contributed by atoms with van der Waals surface area (Å²) in [7, 11) is 16.4. The zero-order valence-corrected chi connectivity index (χ0v) is 49.5. The fourth-order valence-electron chi connectivity index (χ4n) is 11.6. The molecule has 4 aromatic rings. The van der Waals surface area contributed by atoms with Gasteiger partial charge >= 0.3 is 11.9 Å². The van der Waals surface area contributed by atoms with E-state index < -0.39 is 0 Å². The van der Waals surface area contributed by atoms with Crippen LogP contribution in [0.1, 0.15) is 97.8 Å². The van der Waals surface area contributed by atoms with Crippen LogP contribution in [0.5, 0.6) is 57.5 Å². The van der Waals surface area contributed by atoms with E-state index in [1.807, 2.05) is 36.4 Å². The van der Waals surface area contributed by atoms with Crippen molar-refractivity contribution in [3.8, 4) is 57.5 Å². The lowest BCUT2D eigenvalue weighted by molar-refractivity contribution is -0.957. The van der Waals surface area contributed by atoms with Gasteiger partial charge in [-0.15, -0.1) is 0 Å². The van der Waals surface area contributed by atoms with E-state index in [1.54, 1.807) is 71.1 Å². The van der Waals surface area contributed by atoms with E-state index in [0.29, 0.717) is 109 Å². The van der Waals surface area contributed by atoms with Crippen LogP contribution in [0, 0.1) is 0 Å². The maximum Gasteiger partial charge on any atom is 0.306 e. The number of hydrogen-bond donors (Lipinski definition) is 0. The highest BCUT2D eigenvalue weighted by Gasteiger charge is 2.44. The molecule has 6 rings (SSSR count). The molecule has 0 unspecified atom stereocenters. The molecule has 4 atom stereocenters. The SMILES string of the molecule is CC[N@+]1(CCCOC(=O)CC/C=C/CCC(=O)OCCC[N@@+]2(CC)CCc3cc(OC)c(OC)cc3[C@H]2Cc2cc(OC)c(OC)c(OC)c2)CCc2cc(OC)c(OC)cc2[C@H]1Cc1cc(OC)c(OC)c(OC)c1.[Cl-].[Cl-]. The zero-order chi connectivity index (χ0) is 54.8. The van der Waals surface area contributed by atoms with Crippen LogP contribution < -0.4 is 72.2 Å². The van der Waals surface area contributed by atoms with Crippen molar-refractivity contribution in [1.82, 2.24) is 0 Å². The highest BCUT2D eigenvalue weighted by molar-refractivity contribution is 5.70. The second-order valence-electron chi connectivity index (χ2n) is 19.5. The van der Waals surface area contributed by atoms with Crippen LogP contribution in [0.3, 0.4) is 0 Å². The number of allylic oxidation sites excluding steroid dienone is 2. The van der Waals surface area contributed by atoms with Crippen molar-refractivity contribution >= 4 is 11.9 Å². The third kappa shape index (κ3) is 15.0. The van der Waals surface area contributed by atoms with Gasteiger partial charge in [0, 0.05) is 62.5 Å². The predicted molar refractivity (Wildman–Crippen MR) is 291 cm³/mol. The molecule has 2 aliphatic rings. The molecule has 0 aromatic heterocycles. The van der Waals surface area contributed by atoms with Crippen LogP contribution in [0.15, 0.2) is 60.7 Å². The maximum absolute atomic E-state index is 12.9. The van der Waals surface area contributed by atoms with Gasteiger partial charge in [-0.05, 0) is 97.5 Å². The predicted octanol–water partition coefficient (Wildman–Crippen LogP) is 3.82. The minimum atomic E-state index is -0.240. The Balaban J connectivity index is 0.00000656. The van der Waals surface area contributed by atoms with Gasteiger partial charge in [-0.2, -0.15) is 0 Å². The molecule has 78 heavy (non-hydrogen) atoms. The number of fused-ring (bicyclic) bond motifs is 2. The summed E-state index contributed by atoms with van der Waals surface area (Å²) in [5.41, 5.74) is 7.01. The second kappa shape index (κ2) is 31.0. The number of carbonyl (C=O) groups is 2. The smallest absolute Gasteiger partial charge is 0.306 e. The van der Waals surface area contributed by atoms with E-state index in [-0.39, 0.29) is 61.7 Å². The number of quaternary nitrogens is 2. The van der Waals surface area contributed by atoms with Crippen LogP contribution in [-0.4, -0.2) is 144 Å². The Labute approximate surface area is 475 Å². The summed E-state index contributed by atoms with van der Waals surface area (Å²) in [4.78, 5) is 25.9. The average molecular weight is 1130 g/mol. The lowest BCUT2D eigenvalue weighted by atomic mass is 9.85. The number of ether oxygens (including phenoxy) is 12. The quantitative estimate of drug-likeness (QED) is 0.0323. The number of benzene rings is 4. The van der Waals surface area contributed by atoms with Crippen LogP contribution in [0.4, 0.5) is 0 Å². The summed E-state index contributed by atoms with van der Waals surface area (Å²) >= 11 is 0. The number of halogens is 2. The number of likely N-dealkylation sites (N-methyl/N-ethyl adjacent to an activating group) is 2. The average Bonchev–Trinajstić information content (AvgIpc) is 3.45. The van der Waals surface area contributed by atoms with Gasteiger partial charge in [0.2, 0.25) is 11.5 Å². The molecule has 2 aliphatic heterocycles. The van der Waals surface area contributed by atoms with Crippen LogP contribution in [0.2, 0.25) is 0 Å². The summed E-state index contributed by atoms with van der Waals surface area (Å²) < 4.78 is 70.4. The molecule has 0 amide bonds. The topological polar surface area (TPSA) is 145 Å². The minimum Gasteiger partial charge on any atom is -1.00 e. The van der Waals surface area contributed by atoms with Crippen molar-refractivity contribution in [3.05, 3.63) is 94.1 Å². The molecule has 432 valence electrons. The summed E-state index contributed by atoms with van der Waals surface area (Å²) in [6, 6.07) is 16.7. The van der Waals surface area contributed by atoms with E-state index in [9.17, 15) is 9.59 Å². The first-order valence-electron chi connectivity index (χ1n) is 26.6. The van der Waals surface area contributed by atoms with E-state index in [1.165, 1.54) is 22.3 Å². The Morgan fingerprint density at radius 3 is 1.08 bits per heavy atom. The Morgan fingerprint density at radius 1 is 0.462 bits per heavy atom. The van der Waals surface area contributed by atoms with Gasteiger partial charge in [-0.25, -0.2) is 0 Å². The fraction of sp³-hybridized carbons (Fsp3) is 0.533. The van der Waals surface area contributed by atoms with Crippen LogP contribution in [-0.2, 0) is 44.7 Å². The summed E-state index contributed by atoms with van der Waals surface area (Å²) in [5, 5.41) is 0. The van der Waals surface area contributed by atoms with Crippen molar-refractivity contribution in [2.75, 3.05) is 124 Å². The molecule has 0 spiro atoms. The van der Waals surface area contributed by atoms with E-state index in [4.69, 9.17) is 56.8 Å². The first-order valence-corrected chi connectivity index (χ1v) is 26.6. The highest BCUT2D eigenvalue weighted by Crippen LogP contribution is 2.48. The summed E-state index contributed by atoms with van der Waals surface area (Å²) in [5.74, 6) is 5.88. The molecule has 2 heterocycles. The number of methoxy groups -OCH3 is 10. The molecule has 0 radical (unpaired) electrons. The third-order valence-corrected chi connectivity index (χ3v) is 15.8. The molecule has 0 aliphatic carbocycles. The molecular formula is C60H84Cl2N2O14. The van der Waals surface area contributed by atoms with Gasteiger partial charge in [0.1, 0.15) is 12.1 Å². The summed E-state index contributed by atoms with van der Waals surface area (Å²) in [6.45, 7) is 10.4. The Kier molecular flexibility index (Phi) is 25.7. The van der Waals surface area contributed by atoms with Crippen molar-refractivity contribution in [2.45, 2.75) is 90.1 Å². The Morgan fingerprint density at radius 2 is 0.782 bits per heavy atom. The molecule has 0 saturated heterocycles. The Bertz CT molecular complexity index is 2390.